The van der Waals surface area contributed by atoms with Crippen molar-refractivity contribution in [1.82, 2.24) is 10.2 Å². The highest BCUT2D eigenvalue weighted by Crippen LogP contribution is 2.21. The van der Waals surface area contributed by atoms with Gasteiger partial charge >= 0.3 is 0 Å². The Morgan fingerprint density at radius 3 is 2.75 bits per heavy atom. The van der Waals surface area contributed by atoms with E-state index in [1.165, 1.54) is 12.8 Å². The molecule has 5 heteroatoms. The average Bonchev–Trinajstić information content (AvgIpc) is 2.61. The van der Waals surface area contributed by atoms with E-state index in [0.717, 1.165) is 30.9 Å². The van der Waals surface area contributed by atoms with Crippen molar-refractivity contribution in [3.8, 4) is 0 Å². The van der Waals surface area contributed by atoms with Crippen molar-refractivity contribution >= 4 is 17.5 Å². The van der Waals surface area contributed by atoms with E-state index in [0.29, 0.717) is 18.2 Å². The number of rotatable bonds is 5. The molecule has 5 nitrogen and oxygen atoms in total. The summed E-state index contributed by atoms with van der Waals surface area (Å²) in [6.45, 7) is 4.32. The Labute approximate surface area is 143 Å². The van der Waals surface area contributed by atoms with E-state index < -0.39 is 0 Å². The maximum Gasteiger partial charge on any atom is 0.225 e. The molecule has 1 aromatic heterocycles. The molecule has 0 spiro atoms. The van der Waals surface area contributed by atoms with Crippen LogP contribution in [0, 0.1) is 5.92 Å². The molecule has 0 aliphatic carbocycles. The van der Waals surface area contributed by atoms with Crippen molar-refractivity contribution in [3.63, 3.8) is 0 Å². The molecule has 126 valence electrons. The summed E-state index contributed by atoms with van der Waals surface area (Å²) in [4.78, 5) is 14.3. The van der Waals surface area contributed by atoms with E-state index in [9.17, 15) is 4.79 Å². The highest BCUT2D eigenvalue weighted by Gasteiger charge is 2.17. The number of hydrogen-bond donors (Lipinski definition) is 1. The van der Waals surface area contributed by atoms with Crippen LogP contribution in [0.4, 0.5) is 11.6 Å². The molecule has 2 aromatic rings. The Kier molecular flexibility index (Phi) is 5.41. The first-order chi connectivity index (χ1) is 11.7. The molecule has 1 saturated heterocycles. The van der Waals surface area contributed by atoms with Gasteiger partial charge in [0.15, 0.2) is 11.6 Å². The molecule has 1 aliphatic rings. The summed E-state index contributed by atoms with van der Waals surface area (Å²) in [5, 5.41) is 11.2. The molecular formula is C19H24N4O. The van der Waals surface area contributed by atoms with Gasteiger partial charge in [0.2, 0.25) is 5.91 Å². The number of nitrogens with zero attached hydrogens (tertiary/aromatic N) is 3. The van der Waals surface area contributed by atoms with E-state index in [1.807, 2.05) is 42.5 Å². The summed E-state index contributed by atoms with van der Waals surface area (Å²) in [5.41, 5.74) is 1.16. The first-order valence-corrected chi connectivity index (χ1v) is 8.63. The molecule has 1 amide bonds. The van der Waals surface area contributed by atoms with Gasteiger partial charge in [-0.2, -0.15) is 0 Å². The lowest BCUT2D eigenvalue weighted by atomic mass is 10.0. The number of carbonyl (C=O) groups excluding carboxylic acids is 1. The van der Waals surface area contributed by atoms with Crippen molar-refractivity contribution in [2.24, 2.45) is 5.92 Å². The Hall–Kier alpha value is -2.43. The minimum absolute atomic E-state index is 0.0347. The van der Waals surface area contributed by atoms with Gasteiger partial charge < -0.3 is 10.2 Å². The summed E-state index contributed by atoms with van der Waals surface area (Å²) >= 11 is 0. The van der Waals surface area contributed by atoms with Crippen LogP contribution in [0.2, 0.25) is 0 Å². The molecule has 1 aliphatic heterocycles. The second-order valence-corrected chi connectivity index (χ2v) is 6.50. The highest BCUT2D eigenvalue weighted by molar-refractivity contribution is 5.89. The number of aromatic nitrogens is 2. The summed E-state index contributed by atoms with van der Waals surface area (Å²) in [7, 11) is 0. The summed E-state index contributed by atoms with van der Waals surface area (Å²) in [6.07, 6.45) is 3.64. The van der Waals surface area contributed by atoms with Crippen molar-refractivity contribution < 1.29 is 4.79 Å². The molecule has 2 heterocycles. The lowest BCUT2D eigenvalue weighted by molar-refractivity contribution is -0.116. The maximum absolute atomic E-state index is 12.0. The fourth-order valence-corrected chi connectivity index (χ4v) is 3.07. The number of aryl methyl sites for hydroxylation is 1. The lowest BCUT2D eigenvalue weighted by Gasteiger charge is -2.31. The Morgan fingerprint density at radius 1 is 1.21 bits per heavy atom. The van der Waals surface area contributed by atoms with Gasteiger partial charge in [-0.15, -0.1) is 10.2 Å². The van der Waals surface area contributed by atoms with E-state index in [2.05, 4.69) is 27.3 Å². The number of hydrogen-bond acceptors (Lipinski definition) is 4. The highest BCUT2D eigenvalue weighted by atomic mass is 16.1. The third-order valence-electron chi connectivity index (χ3n) is 4.38. The van der Waals surface area contributed by atoms with Crippen LogP contribution in [0.1, 0.15) is 31.7 Å². The zero-order valence-corrected chi connectivity index (χ0v) is 14.1. The predicted octanol–water partition coefficient (Wildman–Crippen LogP) is 3.28. The summed E-state index contributed by atoms with van der Waals surface area (Å²) < 4.78 is 0. The lowest BCUT2D eigenvalue weighted by Crippen LogP contribution is -2.34. The van der Waals surface area contributed by atoms with Crippen LogP contribution >= 0.6 is 0 Å². The van der Waals surface area contributed by atoms with Gasteiger partial charge in [0.25, 0.3) is 0 Å². The van der Waals surface area contributed by atoms with E-state index >= 15 is 0 Å². The second kappa shape index (κ2) is 7.90. The molecular weight excluding hydrogens is 300 g/mol. The molecule has 0 radical (unpaired) electrons. The number of piperidine rings is 1. The van der Waals surface area contributed by atoms with E-state index in [-0.39, 0.29) is 5.91 Å². The summed E-state index contributed by atoms with van der Waals surface area (Å²) in [5.74, 6) is 2.07. The molecule has 1 N–H and O–H groups in total. The molecule has 1 atom stereocenters. The number of amides is 1. The average molecular weight is 324 g/mol. The molecule has 24 heavy (non-hydrogen) atoms. The smallest absolute Gasteiger partial charge is 0.225 e. The predicted molar refractivity (Wildman–Crippen MR) is 96.0 cm³/mol. The Balaban J connectivity index is 1.51. The van der Waals surface area contributed by atoms with Crippen molar-refractivity contribution in [3.05, 3.63) is 48.0 Å². The van der Waals surface area contributed by atoms with Crippen LogP contribution in [-0.4, -0.2) is 29.2 Å². The van der Waals surface area contributed by atoms with Crippen LogP contribution in [0.3, 0.4) is 0 Å². The fraction of sp³-hybridized carbons (Fsp3) is 0.421. The van der Waals surface area contributed by atoms with E-state index in [1.54, 1.807) is 0 Å². The largest absolute Gasteiger partial charge is 0.355 e. The van der Waals surface area contributed by atoms with Gasteiger partial charge in [-0.3, -0.25) is 4.79 Å². The fourth-order valence-electron chi connectivity index (χ4n) is 3.07. The number of benzene rings is 1. The third-order valence-corrected chi connectivity index (χ3v) is 4.38. The zero-order valence-electron chi connectivity index (χ0n) is 14.1. The van der Waals surface area contributed by atoms with Crippen LogP contribution < -0.4 is 10.2 Å². The molecule has 1 aromatic carbocycles. The van der Waals surface area contributed by atoms with E-state index in [4.69, 9.17) is 0 Å². The maximum atomic E-state index is 12.0. The number of nitrogens with one attached hydrogen (secondary N) is 1. The van der Waals surface area contributed by atoms with Crippen molar-refractivity contribution in [1.29, 1.82) is 0 Å². The Bertz CT molecular complexity index is 657. The van der Waals surface area contributed by atoms with Gasteiger partial charge in [-0.05, 0) is 42.9 Å². The van der Waals surface area contributed by atoms with Gasteiger partial charge in [0.05, 0.1) is 0 Å². The van der Waals surface area contributed by atoms with Crippen LogP contribution in [0.5, 0.6) is 0 Å². The quantitative estimate of drug-likeness (QED) is 0.917. The first kappa shape index (κ1) is 16.4. The minimum Gasteiger partial charge on any atom is -0.355 e. The van der Waals surface area contributed by atoms with Gasteiger partial charge in [0.1, 0.15) is 0 Å². The van der Waals surface area contributed by atoms with Crippen LogP contribution in [-0.2, 0) is 11.2 Å². The normalized spacial score (nSPS) is 17.5. The third kappa shape index (κ3) is 4.54. The zero-order chi connectivity index (χ0) is 16.8. The van der Waals surface area contributed by atoms with Crippen molar-refractivity contribution in [2.45, 2.75) is 32.6 Å². The van der Waals surface area contributed by atoms with Crippen LogP contribution in [0.25, 0.3) is 0 Å². The topological polar surface area (TPSA) is 58.1 Å². The van der Waals surface area contributed by atoms with Gasteiger partial charge in [-0.25, -0.2) is 0 Å². The SMILES string of the molecule is CC1CCCN(c2ccc(NC(=O)CCc3ccccc3)nn2)C1. The molecule has 0 saturated carbocycles. The van der Waals surface area contributed by atoms with Gasteiger partial charge in [0, 0.05) is 19.5 Å². The number of anilines is 2. The number of carbonyl (C=O) groups is 1. The standard InChI is InChI=1S/C19H24N4O/c1-15-6-5-13-23(14-15)18-11-10-17(21-22-18)20-19(24)12-9-16-7-3-2-4-8-16/h2-4,7-8,10-11,15H,5-6,9,12-14H2,1H3,(H,20,21,24). The van der Waals surface area contributed by atoms with Crippen LogP contribution in [0.15, 0.2) is 42.5 Å². The molecule has 0 bridgehead atoms. The first-order valence-electron chi connectivity index (χ1n) is 8.63. The molecule has 1 fully saturated rings. The van der Waals surface area contributed by atoms with Gasteiger partial charge in [-0.1, -0.05) is 37.3 Å². The summed E-state index contributed by atoms with van der Waals surface area (Å²) in [6, 6.07) is 13.8. The molecule has 3 rings (SSSR count). The second-order valence-electron chi connectivity index (χ2n) is 6.50. The minimum atomic E-state index is -0.0347. The molecule has 1 unspecified atom stereocenters. The Morgan fingerprint density at radius 2 is 2.04 bits per heavy atom. The monoisotopic (exact) mass is 324 g/mol. The van der Waals surface area contributed by atoms with Crippen molar-refractivity contribution in [2.75, 3.05) is 23.3 Å².